The number of carboxylic acid groups (broad SMARTS) is 1. The molecule has 5 heteroatoms. The minimum atomic E-state index is -0.839. The van der Waals surface area contributed by atoms with Crippen LogP contribution in [0.3, 0.4) is 0 Å². The first-order valence-electron chi connectivity index (χ1n) is 6.76. The fourth-order valence-electron chi connectivity index (χ4n) is 2.05. The average Bonchev–Trinajstić information content (AvgIpc) is 2.97. The van der Waals surface area contributed by atoms with Gasteiger partial charge >= 0.3 is 5.97 Å². The molecule has 1 aromatic carbocycles. The third-order valence-electron chi connectivity index (χ3n) is 3.05. The van der Waals surface area contributed by atoms with Crippen molar-refractivity contribution in [3.63, 3.8) is 0 Å². The van der Waals surface area contributed by atoms with E-state index in [9.17, 15) is 9.59 Å². The van der Waals surface area contributed by atoms with E-state index < -0.39 is 5.97 Å². The topological polar surface area (TPSA) is 57.6 Å². The number of hydrogen-bond donors (Lipinski definition) is 1. The summed E-state index contributed by atoms with van der Waals surface area (Å²) in [6.45, 7) is 0.417. The zero-order chi connectivity index (χ0) is 15.1. The largest absolute Gasteiger partial charge is 0.481 e. The fourth-order valence-corrected chi connectivity index (χ4v) is 2.75. The Bertz CT molecular complexity index is 581. The molecular formula is C16H17NO3S. The fraction of sp³-hybridized carbons (Fsp3) is 0.250. The SMILES string of the molecule is O=C(O)CCCN(C(=O)Cc1cccs1)c1ccccc1. The molecule has 1 amide bonds. The van der Waals surface area contributed by atoms with Gasteiger partial charge in [0.2, 0.25) is 5.91 Å². The molecule has 0 aliphatic heterocycles. The quantitative estimate of drug-likeness (QED) is 0.854. The molecule has 0 saturated carbocycles. The number of para-hydroxylation sites is 1. The van der Waals surface area contributed by atoms with Crippen LogP contribution in [0.25, 0.3) is 0 Å². The number of hydrogen-bond acceptors (Lipinski definition) is 3. The third kappa shape index (κ3) is 4.72. The number of carbonyl (C=O) groups excluding carboxylic acids is 1. The molecule has 2 aromatic rings. The Morgan fingerprint density at radius 2 is 1.86 bits per heavy atom. The molecule has 1 heterocycles. The van der Waals surface area contributed by atoms with Gasteiger partial charge in [0.25, 0.3) is 0 Å². The summed E-state index contributed by atoms with van der Waals surface area (Å²) in [6, 6.07) is 13.2. The van der Waals surface area contributed by atoms with Crippen molar-refractivity contribution in [1.29, 1.82) is 0 Å². The highest BCUT2D eigenvalue weighted by atomic mass is 32.1. The molecular weight excluding hydrogens is 286 g/mol. The van der Waals surface area contributed by atoms with Gasteiger partial charge in [0.15, 0.2) is 0 Å². The maximum atomic E-state index is 12.5. The van der Waals surface area contributed by atoms with Gasteiger partial charge in [0.1, 0.15) is 0 Å². The van der Waals surface area contributed by atoms with Crippen molar-refractivity contribution in [1.82, 2.24) is 0 Å². The minimum Gasteiger partial charge on any atom is -0.481 e. The first kappa shape index (κ1) is 15.3. The van der Waals surface area contributed by atoms with Crippen LogP contribution in [0.1, 0.15) is 17.7 Å². The number of nitrogens with zero attached hydrogens (tertiary/aromatic N) is 1. The van der Waals surface area contributed by atoms with E-state index in [-0.39, 0.29) is 12.3 Å². The van der Waals surface area contributed by atoms with Crippen LogP contribution in [0.5, 0.6) is 0 Å². The lowest BCUT2D eigenvalue weighted by atomic mass is 10.2. The Morgan fingerprint density at radius 1 is 1.10 bits per heavy atom. The monoisotopic (exact) mass is 303 g/mol. The second-order valence-electron chi connectivity index (χ2n) is 4.63. The van der Waals surface area contributed by atoms with Gasteiger partial charge in [-0.15, -0.1) is 11.3 Å². The van der Waals surface area contributed by atoms with Crippen LogP contribution in [0.4, 0.5) is 5.69 Å². The summed E-state index contributed by atoms with van der Waals surface area (Å²) in [5, 5.41) is 10.7. The highest BCUT2D eigenvalue weighted by Gasteiger charge is 2.16. The Morgan fingerprint density at radius 3 is 2.48 bits per heavy atom. The van der Waals surface area contributed by atoms with E-state index >= 15 is 0 Å². The van der Waals surface area contributed by atoms with Crippen LogP contribution < -0.4 is 4.90 Å². The van der Waals surface area contributed by atoms with E-state index in [4.69, 9.17) is 5.11 Å². The molecule has 0 fully saturated rings. The number of aliphatic carboxylic acids is 1. The highest BCUT2D eigenvalue weighted by molar-refractivity contribution is 7.10. The molecule has 0 atom stereocenters. The van der Waals surface area contributed by atoms with Crippen molar-refractivity contribution in [2.45, 2.75) is 19.3 Å². The van der Waals surface area contributed by atoms with Gasteiger partial charge in [-0.1, -0.05) is 24.3 Å². The van der Waals surface area contributed by atoms with Crippen molar-refractivity contribution >= 4 is 28.9 Å². The van der Waals surface area contributed by atoms with E-state index in [1.165, 1.54) is 0 Å². The molecule has 0 radical (unpaired) electrons. The summed E-state index contributed by atoms with van der Waals surface area (Å²) in [7, 11) is 0. The van der Waals surface area contributed by atoms with Gasteiger partial charge in [-0.05, 0) is 30.0 Å². The zero-order valence-corrected chi connectivity index (χ0v) is 12.4. The highest BCUT2D eigenvalue weighted by Crippen LogP contribution is 2.18. The van der Waals surface area contributed by atoms with Crippen molar-refractivity contribution in [2.24, 2.45) is 0 Å². The van der Waals surface area contributed by atoms with Crippen molar-refractivity contribution < 1.29 is 14.7 Å². The lowest BCUT2D eigenvalue weighted by Crippen LogP contribution is -2.33. The van der Waals surface area contributed by atoms with Crippen molar-refractivity contribution in [3.05, 3.63) is 52.7 Å². The van der Waals surface area contributed by atoms with E-state index in [1.807, 2.05) is 47.8 Å². The first-order chi connectivity index (χ1) is 10.2. The Balaban J connectivity index is 2.07. The predicted molar refractivity (Wildman–Crippen MR) is 83.7 cm³/mol. The number of carboxylic acids is 1. The van der Waals surface area contributed by atoms with Crippen LogP contribution in [-0.2, 0) is 16.0 Å². The molecule has 2 rings (SSSR count). The molecule has 4 nitrogen and oxygen atoms in total. The van der Waals surface area contributed by atoms with Crippen LogP contribution in [0.2, 0.25) is 0 Å². The van der Waals surface area contributed by atoms with Gasteiger partial charge in [0, 0.05) is 23.5 Å². The second-order valence-corrected chi connectivity index (χ2v) is 5.67. The first-order valence-corrected chi connectivity index (χ1v) is 7.64. The number of amides is 1. The molecule has 1 N–H and O–H groups in total. The van der Waals surface area contributed by atoms with Crippen molar-refractivity contribution in [3.8, 4) is 0 Å². The molecule has 0 unspecified atom stereocenters. The summed E-state index contributed by atoms with van der Waals surface area (Å²) >= 11 is 1.55. The smallest absolute Gasteiger partial charge is 0.303 e. The van der Waals surface area contributed by atoms with Gasteiger partial charge in [0.05, 0.1) is 6.42 Å². The summed E-state index contributed by atoms with van der Waals surface area (Å²) in [5.74, 6) is -0.845. The van der Waals surface area contributed by atoms with Crippen LogP contribution in [0.15, 0.2) is 47.8 Å². The number of thiophene rings is 1. The minimum absolute atomic E-state index is 0.00552. The molecule has 1 aromatic heterocycles. The number of rotatable bonds is 7. The van der Waals surface area contributed by atoms with Crippen LogP contribution in [-0.4, -0.2) is 23.5 Å². The Hall–Kier alpha value is -2.14. The van der Waals surface area contributed by atoms with Gasteiger partial charge in [-0.25, -0.2) is 0 Å². The molecule has 110 valence electrons. The summed E-state index contributed by atoms with van der Waals surface area (Å²) in [4.78, 5) is 25.8. The summed E-state index contributed by atoms with van der Waals surface area (Å²) in [6.07, 6.45) is 0.857. The zero-order valence-electron chi connectivity index (χ0n) is 11.6. The second kappa shape index (κ2) is 7.59. The number of benzene rings is 1. The Labute approximate surface area is 127 Å². The van der Waals surface area contributed by atoms with Crippen molar-refractivity contribution in [2.75, 3.05) is 11.4 Å². The van der Waals surface area contributed by atoms with E-state index in [2.05, 4.69) is 0 Å². The molecule has 0 aliphatic rings. The lowest BCUT2D eigenvalue weighted by Gasteiger charge is -2.22. The van der Waals surface area contributed by atoms with Crippen LogP contribution >= 0.6 is 11.3 Å². The van der Waals surface area contributed by atoms with E-state index in [1.54, 1.807) is 16.2 Å². The van der Waals surface area contributed by atoms with E-state index in [0.717, 1.165) is 10.6 Å². The molecule has 0 bridgehead atoms. The lowest BCUT2D eigenvalue weighted by molar-refractivity contribution is -0.137. The average molecular weight is 303 g/mol. The maximum absolute atomic E-state index is 12.5. The number of carbonyl (C=O) groups is 2. The normalized spacial score (nSPS) is 10.3. The molecule has 0 spiro atoms. The molecule has 0 saturated heterocycles. The maximum Gasteiger partial charge on any atom is 0.303 e. The van der Waals surface area contributed by atoms with E-state index in [0.29, 0.717) is 19.4 Å². The summed E-state index contributed by atoms with van der Waals surface area (Å²) in [5.41, 5.74) is 0.810. The molecule has 21 heavy (non-hydrogen) atoms. The standard InChI is InChI=1S/C16H17NO3S/c18-15(12-14-8-5-11-21-14)17(10-4-9-16(19)20)13-6-2-1-3-7-13/h1-3,5-8,11H,4,9-10,12H2,(H,19,20). The van der Waals surface area contributed by atoms with Gasteiger partial charge < -0.3 is 10.0 Å². The molecule has 0 aliphatic carbocycles. The van der Waals surface area contributed by atoms with Gasteiger partial charge in [-0.3, -0.25) is 9.59 Å². The third-order valence-corrected chi connectivity index (χ3v) is 3.92. The summed E-state index contributed by atoms with van der Waals surface area (Å²) < 4.78 is 0. The van der Waals surface area contributed by atoms with Crippen LogP contribution in [0, 0.1) is 0 Å². The van der Waals surface area contributed by atoms with Gasteiger partial charge in [-0.2, -0.15) is 0 Å². The Kier molecular flexibility index (Phi) is 5.51. The predicted octanol–water partition coefficient (Wildman–Crippen LogP) is 3.19. The number of anilines is 1.